The van der Waals surface area contributed by atoms with Crippen LogP contribution in [0.25, 0.3) is 11.3 Å². The van der Waals surface area contributed by atoms with E-state index in [2.05, 4.69) is 4.98 Å². The van der Waals surface area contributed by atoms with E-state index in [1.54, 1.807) is 4.90 Å². The van der Waals surface area contributed by atoms with Crippen LogP contribution in [0.1, 0.15) is 17.3 Å². The zero-order chi connectivity index (χ0) is 14.7. The van der Waals surface area contributed by atoms with Gasteiger partial charge in [0.15, 0.2) is 0 Å². The summed E-state index contributed by atoms with van der Waals surface area (Å²) in [6, 6.07) is 21.1. The van der Waals surface area contributed by atoms with E-state index >= 15 is 0 Å². The molecule has 3 rings (SSSR count). The summed E-state index contributed by atoms with van der Waals surface area (Å²) in [7, 11) is 0. The molecule has 1 aromatic carbocycles. The molecule has 3 nitrogen and oxygen atoms in total. The zero-order valence-corrected chi connectivity index (χ0v) is 11.9. The van der Waals surface area contributed by atoms with Crippen molar-refractivity contribution in [3.63, 3.8) is 0 Å². The van der Waals surface area contributed by atoms with Gasteiger partial charge in [0.2, 0.25) is 0 Å². The molecule has 0 saturated heterocycles. The summed E-state index contributed by atoms with van der Waals surface area (Å²) in [4.78, 5) is 18.9. The van der Waals surface area contributed by atoms with Gasteiger partial charge < -0.3 is 0 Å². The Morgan fingerprint density at radius 2 is 1.67 bits per heavy atom. The first-order valence-electron chi connectivity index (χ1n) is 7.02. The van der Waals surface area contributed by atoms with Gasteiger partial charge in [0, 0.05) is 17.7 Å². The SMILES string of the molecule is CCN(C(=O)c1ccccc1)c1cc2cccccc-2n1. The third-order valence-corrected chi connectivity index (χ3v) is 3.43. The van der Waals surface area contributed by atoms with E-state index in [1.165, 1.54) is 0 Å². The highest BCUT2D eigenvalue weighted by atomic mass is 16.2. The van der Waals surface area contributed by atoms with Gasteiger partial charge in [-0.05, 0) is 31.2 Å². The van der Waals surface area contributed by atoms with E-state index < -0.39 is 0 Å². The van der Waals surface area contributed by atoms with E-state index in [9.17, 15) is 4.79 Å². The standard InChI is InChI=1S/C18H16N2O/c1-2-20(18(21)14-9-5-3-6-10-14)17-13-15-11-7-4-8-12-16(15)19-17/h3-13H,2H2,1H3. The third-order valence-electron chi connectivity index (χ3n) is 3.43. The van der Waals surface area contributed by atoms with Gasteiger partial charge in [0.1, 0.15) is 5.82 Å². The zero-order valence-electron chi connectivity index (χ0n) is 11.9. The van der Waals surface area contributed by atoms with Gasteiger partial charge in [0.25, 0.3) is 5.91 Å². The maximum Gasteiger partial charge on any atom is 0.259 e. The van der Waals surface area contributed by atoms with Crippen LogP contribution in [0.5, 0.6) is 0 Å². The molecule has 0 unspecified atom stereocenters. The predicted molar refractivity (Wildman–Crippen MR) is 84.7 cm³/mol. The van der Waals surface area contributed by atoms with Crippen molar-refractivity contribution >= 4 is 11.7 Å². The normalized spacial score (nSPS) is 10.5. The number of rotatable bonds is 3. The molecular formula is C18H16N2O. The van der Waals surface area contributed by atoms with Crippen LogP contribution >= 0.6 is 0 Å². The van der Waals surface area contributed by atoms with Gasteiger partial charge in [-0.3, -0.25) is 9.69 Å². The minimum atomic E-state index is -0.0229. The van der Waals surface area contributed by atoms with Crippen molar-refractivity contribution in [3.05, 3.63) is 72.3 Å². The smallest absolute Gasteiger partial charge is 0.259 e. The predicted octanol–water partition coefficient (Wildman–Crippen LogP) is 3.85. The van der Waals surface area contributed by atoms with Crippen molar-refractivity contribution in [1.82, 2.24) is 4.98 Å². The second kappa shape index (κ2) is 5.75. The number of hydrogen-bond acceptors (Lipinski definition) is 2. The number of nitrogens with zero attached hydrogens (tertiary/aromatic N) is 2. The van der Waals surface area contributed by atoms with Crippen molar-refractivity contribution in [2.45, 2.75) is 6.92 Å². The number of benzene rings is 1. The highest BCUT2D eigenvalue weighted by Gasteiger charge is 2.19. The average Bonchev–Trinajstić information content (AvgIpc) is 2.79. The summed E-state index contributed by atoms with van der Waals surface area (Å²) in [6.45, 7) is 2.55. The molecule has 0 bridgehead atoms. The molecule has 1 amide bonds. The summed E-state index contributed by atoms with van der Waals surface area (Å²) in [6.07, 6.45) is 0. The number of hydrogen-bond donors (Lipinski definition) is 0. The Hall–Kier alpha value is -2.68. The van der Waals surface area contributed by atoms with Crippen LogP contribution in [0.3, 0.4) is 0 Å². The van der Waals surface area contributed by atoms with Gasteiger partial charge >= 0.3 is 0 Å². The molecule has 1 aromatic rings. The first-order valence-corrected chi connectivity index (χ1v) is 7.02. The fourth-order valence-corrected chi connectivity index (χ4v) is 2.35. The first-order chi connectivity index (χ1) is 10.3. The van der Waals surface area contributed by atoms with E-state index in [-0.39, 0.29) is 5.91 Å². The number of aromatic nitrogens is 1. The molecule has 0 aromatic heterocycles. The van der Waals surface area contributed by atoms with Crippen molar-refractivity contribution in [3.8, 4) is 11.3 Å². The van der Waals surface area contributed by atoms with E-state index in [0.29, 0.717) is 17.9 Å². The second-order valence-corrected chi connectivity index (χ2v) is 4.78. The molecule has 0 radical (unpaired) electrons. The fraction of sp³-hybridized carbons (Fsp3) is 0.111. The van der Waals surface area contributed by atoms with Crippen LogP contribution in [0, 0.1) is 0 Å². The summed E-state index contributed by atoms with van der Waals surface area (Å²) >= 11 is 0. The monoisotopic (exact) mass is 276 g/mol. The number of carbonyl (C=O) groups excluding carboxylic acids is 1. The van der Waals surface area contributed by atoms with E-state index in [1.807, 2.05) is 73.7 Å². The number of amides is 1. The Kier molecular flexibility index (Phi) is 3.65. The summed E-state index contributed by atoms with van der Waals surface area (Å²) < 4.78 is 0. The summed E-state index contributed by atoms with van der Waals surface area (Å²) in [5, 5.41) is 0. The Morgan fingerprint density at radius 1 is 1.00 bits per heavy atom. The molecule has 1 heterocycles. The maximum absolute atomic E-state index is 12.6. The van der Waals surface area contributed by atoms with Crippen LogP contribution in [0.4, 0.5) is 5.82 Å². The van der Waals surface area contributed by atoms with Crippen LogP contribution in [-0.2, 0) is 0 Å². The summed E-state index contributed by atoms with van der Waals surface area (Å²) in [5.41, 5.74) is 2.61. The Morgan fingerprint density at radius 3 is 2.38 bits per heavy atom. The molecule has 0 atom stereocenters. The van der Waals surface area contributed by atoms with Gasteiger partial charge in [0.05, 0.1) is 5.69 Å². The number of anilines is 1. The lowest BCUT2D eigenvalue weighted by molar-refractivity contribution is 0.0987. The molecule has 104 valence electrons. The quantitative estimate of drug-likeness (QED) is 0.728. The molecule has 1 aliphatic carbocycles. The molecule has 0 spiro atoms. The third kappa shape index (κ3) is 2.63. The van der Waals surface area contributed by atoms with Crippen molar-refractivity contribution in [2.75, 3.05) is 11.4 Å². The van der Waals surface area contributed by atoms with Crippen LogP contribution in [0.2, 0.25) is 0 Å². The van der Waals surface area contributed by atoms with E-state index in [0.717, 1.165) is 11.3 Å². The van der Waals surface area contributed by atoms with E-state index in [4.69, 9.17) is 0 Å². The number of carbonyl (C=O) groups is 1. The van der Waals surface area contributed by atoms with Gasteiger partial charge in [-0.1, -0.05) is 42.5 Å². The minimum Gasteiger partial charge on any atom is -0.293 e. The topological polar surface area (TPSA) is 33.2 Å². The molecule has 1 aliphatic heterocycles. The van der Waals surface area contributed by atoms with Crippen LogP contribution in [0.15, 0.2) is 66.7 Å². The fourth-order valence-electron chi connectivity index (χ4n) is 2.35. The molecule has 3 heteroatoms. The lowest BCUT2D eigenvalue weighted by atomic mass is 10.2. The van der Waals surface area contributed by atoms with Gasteiger partial charge in [-0.15, -0.1) is 0 Å². The molecule has 0 saturated carbocycles. The van der Waals surface area contributed by atoms with Crippen LogP contribution < -0.4 is 4.90 Å². The maximum atomic E-state index is 12.6. The highest BCUT2D eigenvalue weighted by molar-refractivity contribution is 6.06. The lowest BCUT2D eigenvalue weighted by Crippen LogP contribution is -2.30. The summed E-state index contributed by atoms with van der Waals surface area (Å²) in [5.74, 6) is 0.679. The molecule has 0 fully saturated rings. The second-order valence-electron chi connectivity index (χ2n) is 4.78. The Balaban J connectivity index is 1.99. The number of fused-ring (bicyclic) bond motifs is 1. The largest absolute Gasteiger partial charge is 0.293 e. The van der Waals surface area contributed by atoms with Gasteiger partial charge in [-0.25, -0.2) is 4.98 Å². The average molecular weight is 276 g/mol. The highest BCUT2D eigenvalue weighted by Crippen LogP contribution is 2.27. The Bertz CT molecular complexity index is 694. The van der Waals surface area contributed by atoms with Crippen molar-refractivity contribution in [1.29, 1.82) is 0 Å². The Labute approximate surface area is 124 Å². The minimum absolute atomic E-state index is 0.0229. The van der Waals surface area contributed by atoms with Crippen LogP contribution in [-0.4, -0.2) is 17.4 Å². The lowest BCUT2D eigenvalue weighted by Gasteiger charge is -2.18. The van der Waals surface area contributed by atoms with Crippen molar-refractivity contribution in [2.24, 2.45) is 0 Å². The molecular weight excluding hydrogens is 260 g/mol. The first kappa shape index (κ1) is 13.3. The molecule has 0 N–H and O–H groups in total. The molecule has 2 aliphatic rings. The van der Waals surface area contributed by atoms with Gasteiger partial charge in [-0.2, -0.15) is 0 Å². The molecule has 21 heavy (non-hydrogen) atoms. The van der Waals surface area contributed by atoms with Crippen molar-refractivity contribution < 1.29 is 4.79 Å².